The van der Waals surface area contributed by atoms with E-state index >= 15 is 0 Å². The molecule has 2 heterocycles. The molecule has 0 saturated heterocycles. The second-order valence-electron chi connectivity index (χ2n) is 14.7. The summed E-state index contributed by atoms with van der Waals surface area (Å²) in [6.07, 6.45) is 0. The van der Waals surface area contributed by atoms with Crippen LogP contribution in [-0.2, 0) is 13.2 Å². The van der Waals surface area contributed by atoms with Gasteiger partial charge in [-0.15, -0.1) is 0 Å². The number of benzene rings is 8. The van der Waals surface area contributed by atoms with Crippen molar-refractivity contribution in [2.75, 3.05) is 0 Å². The Labute approximate surface area is 333 Å². The van der Waals surface area contributed by atoms with Gasteiger partial charge in [-0.2, -0.15) is 0 Å². The lowest BCUT2D eigenvalue weighted by Crippen LogP contribution is -2.23. The van der Waals surface area contributed by atoms with Crippen LogP contribution in [0.15, 0.2) is 182 Å². The summed E-state index contributed by atoms with van der Waals surface area (Å²) in [7, 11) is 0. The van der Waals surface area contributed by atoms with Crippen molar-refractivity contribution in [3.8, 4) is 22.9 Å². The quantitative estimate of drug-likeness (QED) is 0.155. The fraction of sp³-hybridized carbons (Fsp3) is 0.0385. The molecule has 0 unspecified atom stereocenters. The van der Waals surface area contributed by atoms with Crippen LogP contribution < -0.4 is 9.47 Å². The van der Waals surface area contributed by atoms with Crippen molar-refractivity contribution in [2.24, 2.45) is 0 Å². The van der Waals surface area contributed by atoms with Crippen molar-refractivity contribution < 1.29 is 19.1 Å². The summed E-state index contributed by atoms with van der Waals surface area (Å²) in [5, 5.41) is 4.84. The van der Waals surface area contributed by atoms with Crippen LogP contribution in [0.2, 0.25) is 0 Å². The lowest BCUT2D eigenvalue weighted by Gasteiger charge is -2.22. The number of ketones is 2. The van der Waals surface area contributed by atoms with Crippen molar-refractivity contribution in [3.63, 3.8) is 0 Å². The number of carbonyl (C=O) groups is 2. The molecule has 0 bridgehead atoms. The van der Waals surface area contributed by atoms with Crippen LogP contribution in [0.1, 0.15) is 43.0 Å². The highest BCUT2D eigenvalue weighted by Crippen LogP contribution is 2.38. The molecule has 0 amide bonds. The smallest absolute Gasteiger partial charge is 0.198 e. The van der Waals surface area contributed by atoms with Crippen LogP contribution in [0.5, 0.6) is 11.5 Å². The molecule has 0 spiro atoms. The van der Waals surface area contributed by atoms with Gasteiger partial charge in [-0.05, 0) is 71.8 Å². The first-order valence-corrected chi connectivity index (χ1v) is 19.4. The molecule has 0 radical (unpaired) electrons. The number of hydrogen-bond acceptors (Lipinski definition) is 4. The number of carbonyl (C=O) groups excluding carboxylic acids is 2. The number of fused-ring (bicyclic) bond motifs is 8. The van der Waals surface area contributed by atoms with E-state index in [-0.39, 0.29) is 35.9 Å². The van der Waals surface area contributed by atoms with Crippen LogP contribution in [0.25, 0.3) is 55.0 Å². The van der Waals surface area contributed by atoms with Crippen molar-refractivity contribution in [3.05, 3.63) is 215 Å². The van der Waals surface area contributed by atoms with Gasteiger partial charge in [-0.25, -0.2) is 0 Å². The Bertz CT molecular complexity index is 2940. The van der Waals surface area contributed by atoms with Gasteiger partial charge >= 0.3 is 0 Å². The van der Waals surface area contributed by atoms with Crippen molar-refractivity contribution in [1.29, 1.82) is 0 Å². The molecule has 0 atom stereocenters. The first-order chi connectivity index (χ1) is 28.6. The summed E-state index contributed by atoms with van der Waals surface area (Å²) in [5.74, 6) is 0.232. The standard InChI is InChI=1S/C52H34N2O4/c55-51-42-16-10-22-48(58-32-34-25-29-36(30-26-34)54-45-19-7-3-13-39(45)40-14-4-8-20-46(40)54)50(42)52(56)41-15-9-21-47(49(41)51)57-31-33-23-27-35(28-24-33)53-43-17-5-1-11-37(43)38-12-2-6-18-44(38)53/h1-30H,31-32H2. The molecule has 2 aromatic heterocycles. The maximum absolute atomic E-state index is 14.1. The fourth-order valence-electron chi connectivity index (χ4n) is 8.63. The van der Waals surface area contributed by atoms with Gasteiger partial charge in [0.1, 0.15) is 24.7 Å². The highest BCUT2D eigenvalue weighted by Gasteiger charge is 2.34. The van der Waals surface area contributed by atoms with Crippen LogP contribution in [0.4, 0.5) is 0 Å². The molecule has 58 heavy (non-hydrogen) atoms. The lowest BCUT2D eigenvalue weighted by atomic mass is 9.83. The number of para-hydroxylation sites is 4. The Morgan fingerprint density at radius 1 is 0.345 bits per heavy atom. The average Bonchev–Trinajstić information content (AvgIpc) is 3.80. The second-order valence-corrected chi connectivity index (χ2v) is 14.7. The second kappa shape index (κ2) is 13.5. The molecule has 1 aliphatic rings. The fourth-order valence-corrected chi connectivity index (χ4v) is 8.63. The molecule has 10 aromatic rings. The first kappa shape index (κ1) is 33.6. The monoisotopic (exact) mass is 750 g/mol. The molecule has 0 aliphatic heterocycles. The number of aromatic nitrogens is 2. The lowest BCUT2D eigenvalue weighted by molar-refractivity contribution is 0.0971. The molecule has 8 aromatic carbocycles. The zero-order valence-corrected chi connectivity index (χ0v) is 31.3. The van der Waals surface area contributed by atoms with Gasteiger partial charge < -0.3 is 18.6 Å². The summed E-state index contributed by atoms with van der Waals surface area (Å²) in [6, 6.07) is 60.6. The highest BCUT2D eigenvalue weighted by atomic mass is 16.5. The summed E-state index contributed by atoms with van der Waals surface area (Å²) in [5.41, 5.74) is 9.72. The molecule has 6 nitrogen and oxygen atoms in total. The van der Waals surface area contributed by atoms with E-state index in [0.717, 1.165) is 44.6 Å². The molecule has 276 valence electrons. The van der Waals surface area contributed by atoms with E-state index < -0.39 is 0 Å². The van der Waals surface area contributed by atoms with Crippen LogP contribution in [-0.4, -0.2) is 20.7 Å². The number of nitrogens with zero attached hydrogens (tertiary/aromatic N) is 2. The Morgan fingerprint density at radius 2 is 0.672 bits per heavy atom. The molecule has 6 heteroatoms. The predicted molar refractivity (Wildman–Crippen MR) is 230 cm³/mol. The predicted octanol–water partition coefficient (Wildman–Crippen LogP) is 11.8. The SMILES string of the molecule is O=C1c2cccc(OCc3ccc(-n4c5ccccc5c5ccccc54)cc3)c2C(=O)c2cccc(OCc3ccc(-n4c5ccccc5c5ccccc54)cc3)c21. The molecule has 0 fully saturated rings. The van der Waals surface area contributed by atoms with E-state index in [1.54, 1.807) is 36.4 Å². The third kappa shape index (κ3) is 5.34. The molecule has 1 aliphatic carbocycles. The van der Waals surface area contributed by atoms with Gasteiger partial charge in [0.25, 0.3) is 0 Å². The first-order valence-electron chi connectivity index (χ1n) is 19.4. The van der Waals surface area contributed by atoms with Gasteiger partial charge in [0, 0.05) is 44.0 Å². The maximum atomic E-state index is 14.1. The van der Waals surface area contributed by atoms with Crippen molar-refractivity contribution >= 4 is 55.2 Å². The average molecular weight is 751 g/mol. The minimum atomic E-state index is -0.261. The largest absolute Gasteiger partial charge is 0.488 e. The summed E-state index contributed by atoms with van der Waals surface area (Å²) >= 11 is 0. The highest BCUT2D eigenvalue weighted by molar-refractivity contribution is 6.30. The van der Waals surface area contributed by atoms with Crippen LogP contribution in [0.3, 0.4) is 0 Å². The van der Waals surface area contributed by atoms with Crippen LogP contribution in [0, 0.1) is 0 Å². The van der Waals surface area contributed by atoms with Gasteiger partial charge in [0.15, 0.2) is 11.6 Å². The van der Waals surface area contributed by atoms with Gasteiger partial charge in [-0.1, -0.05) is 121 Å². The Hall–Kier alpha value is -7.70. The van der Waals surface area contributed by atoms with Crippen molar-refractivity contribution in [1.82, 2.24) is 9.13 Å². The molecular formula is C52H34N2O4. The zero-order chi connectivity index (χ0) is 38.7. The van der Waals surface area contributed by atoms with E-state index in [4.69, 9.17) is 9.47 Å². The van der Waals surface area contributed by atoms with Gasteiger partial charge in [0.05, 0.1) is 33.2 Å². The molecule has 0 N–H and O–H groups in total. The summed E-state index contributed by atoms with van der Waals surface area (Å²) < 4.78 is 17.1. The molecule has 0 saturated carbocycles. The summed E-state index contributed by atoms with van der Waals surface area (Å²) in [4.78, 5) is 28.3. The Kier molecular flexibility index (Phi) is 7.83. The number of hydrogen-bond donors (Lipinski definition) is 0. The van der Waals surface area contributed by atoms with E-state index in [2.05, 4.69) is 130 Å². The molecule has 11 rings (SSSR count). The number of ether oxygens (including phenoxy) is 2. The topological polar surface area (TPSA) is 62.5 Å². The van der Waals surface area contributed by atoms with Crippen molar-refractivity contribution in [2.45, 2.75) is 13.2 Å². The maximum Gasteiger partial charge on any atom is 0.198 e. The Morgan fingerprint density at radius 3 is 1.02 bits per heavy atom. The van der Waals surface area contributed by atoms with Crippen LogP contribution >= 0.6 is 0 Å². The van der Waals surface area contributed by atoms with E-state index in [1.807, 2.05) is 24.3 Å². The van der Waals surface area contributed by atoms with E-state index in [9.17, 15) is 9.59 Å². The minimum absolute atomic E-state index is 0.233. The minimum Gasteiger partial charge on any atom is -0.488 e. The normalized spacial score (nSPS) is 12.3. The summed E-state index contributed by atoms with van der Waals surface area (Å²) in [6.45, 7) is 0.466. The number of rotatable bonds is 8. The van der Waals surface area contributed by atoms with E-state index in [0.29, 0.717) is 22.6 Å². The molecular weight excluding hydrogens is 717 g/mol. The van der Waals surface area contributed by atoms with E-state index in [1.165, 1.54) is 21.5 Å². The van der Waals surface area contributed by atoms with Gasteiger partial charge in [0.2, 0.25) is 0 Å². The third-order valence-electron chi connectivity index (χ3n) is 11.3. The van der Waals surface area contributed by atoms with Gasteiger partial charge in [-0.3, -0.25) is 9.59 Å². The zero-order valence-electron chi connectivity index (χ0n) is 31.3. The third-order valence-corrected chi connectivity index (χ3v) is 11.3. The Balaban J connectivity index is 0.825.